The normalized spacial score (nSPS) is 19.8. The Morgan fingerprint density at radius 1 is 1.15 bits per heavy atom. The minimum Gasteiger partial charge on any atom is -0.366 e. The van der Waals surface area contributed by atoms with Gasteiger partial charge in [0.25, 0.3) is 11.5 Å². The van der Waals surface area contributed by atoms with Crippen LogP contribution in [0, 0.1) is 5.92 Å². The van der Waals surface area contributed by atoms with Crippen LogP contribution in [0.3, 0.4) is 0 Å². The first-order chi connectivity index (χ1) is 12.5. The summed E-state index contributed by atoms with van der Waals surface area (Å²) < 4.78 is 27.0. The summed E-state index contributed by atoms with van der Waals surface area (Å²) in [7, 11) is 0. The Morgan fingerprint density at radius 3 is 2.65 bits per heavy atom. The smallest absolute Gasteiger partial charge is 0.269 e. The first kappa shape index (κ1) is 15.3. The molecular formula is C19H16F2N4O. The van der Waals surface area contributed by atoms with Crippen molar-refractivity contribution in [1.82, 2.24) is 15.2 Å². The lowest BCUT2D eigenvalue weighted by Crippen LogP contribution is -2.31. The summed E-state index contributed by atoms with van der Waals surface area (Å²) in [4.78, 5) is 18.0. The average Bonchev–Trinajstić information content (AvgIpc) is 3.08. The minimum atomic E-state index is -2.59. The summed E-state index contributed by atoms with van der Waals surface area (Å²) in [6.07, 6.45) is 3.36. The van der Waals surface area contributed by atoms with E-state index in [1.54, 1.807) is 12.4 Å². The number of pyridine rings is 1. The molecule has 1 atom stereocenters. The number of halogens is 2. The van der Waals surface area contributed by atoms with Gasteiger partial charge < -0.3 is 4.90 Å². The van der Waals surface area contributed by atoms with Crippen LogP contribution in [0.2, 0.25) is 0 Å². The Morgan fingerprint density at radius 2 is 1.92 bits per heavy atom. The van der Waals surface area contributed by atoms with Gasteiger partial charge in [0.2, 0.25) is 0 Å². The average molecular weight is 354 g/mol. The van der Waals surface area contributed by atoms with E-state index in [-0.39, 0.29) is 18.5 Å². The van der Waals surface area contributed by atoms with Gasteiger partial charge in [-0.05, 0) is 29.3 Å². The zero-order valence-corrected chi connectivity index (χ0v) is 13.8. The van der Waals surface area contributed by atoms with Crippen molar-refractivity contribution in [2.75, 3.05) is 11.4 Å². The summed E-state index contributed by atoms with van der Waals surface area (Å²) in [6, 6.07) is 9.73. The van der Waals surface area contributed by atoms with Crippen molar-refractivity contribution in [2.45, 2.75) is 18.9 Å². The van der Waals surface area contributed by atoms with Gasteiger partial charge in [-0.2, -0.15) is 0 Å². The van der Waals surface area contributed by atoms with Gasteiger partial charge >= 0.3 is 0 Å². The number of fused-ring (bicyclic) bond motifs is 3. The topological polar surface area (TPSA) is 64.8 Å². The number of hydrogen-bond acceptors (Lipinski definition) is 3. The molecule has 1 fully saturated rings. The molecular weight excluding hydrogens is 338 g/mol. The van der Waals surface area contributed by atoms with E-state index in [0.717, 1.165) is 28.1 Å². The van der Waals surface area contributed by atoms with Crippen LogP contribution in [-0.4, -0.2) is 27.6 Å². The van der Waals surface area contributed by atoms with Gasteiger partial charge in [-0.25, -0.2) is 8.78 Å². The minimum absolute atomic E-state index is 0.0841. The predicted octanol–water partition coefficient (Wildman–Crippen LogP) is 3.41. The first-order valence-corrected chi connectivity index (χ1v) is 8.50. The summed E-state index contributed by atoms with van der Waals surface area (Å²) in [5.41, 5.74) is 4.85. The van der Waals surface area contributed by atoms with Gasteiger partial charge in [-0.3, -0.25) is 20.0 Å². The SMILES string of the molecule is O=c1[nH][nH]c2c1CN(CC1CC1(F)F)c1cc(-c3ccncc3)ccc1-2. The second-order valence-corrected chi connectivity index (χ2v) is 6.94. The van der Waals surface area contributed by atoms with Crippen LogP contribution in [0.1, 0.15) is 12.0 Å². The number of nitrogens with one attached hydrogen (secondary N) is 2. The molecule has 0 radical (unpaired) electrons. The van der Waals surface area contributed by atoms with Crippen LogP contribution < -0.4 is 10.5 Å². The molecule has 0 amide bonds. The number of aromatic nitrogens is 3. The maximum absolute atomic E-state index is 13.5. The van der Waals surface area contributed by atoms with Crippen molar-refractivity contribution in [3.8, 4) is 22.4 Å². The van der Waals surface area contributed by atoms with Crippen molar-refractivity contribution >= 4 is 5.69 Å². The zero-order valence-electron chi connectivity index (χ0n) is 13.8. The van der Waals surface area contributed by atoms with Crippen LogP contribution >= 0.6 is 0 Å². The quantitative estimate of drug-likeness (QED) is 0.758. The Labute approximate surface area is 147 Å². The van der Waals surface area contributed by atoms with Crippen LogP contribution in [0.25, 0.3) is 22.4 Å². The van der Waals surface area contributed by atoms with E-state index in [1.165, 1.54) is 0 Å². The van der Waals surface area contributed by atoms with Gasteiger partial charge in [0.05, 0.1) is 17.8 Å². The van der Waals surface area contributed by atoms with E-state index < -0.39 is 11.8 Å². The highest BCUT2D eigenvalue weighted by atomic mass is 19.3. The molecule has 2 aliphatic rings. The van der Waals surface area contributed by atoms with Gasteiger partial charge in [-0.15, -0.1) is 0 Å². The van der Waals surface area contributed by atoms with Crippen LogP contribution in [0.15, 0.2) is 47.5 Å². The highest BCUT2D eigenvalue weighted by molar-refractivity contribution is 5.85. The van der Waals surface area contributed by atoms with E-state index >= 15 is 0 Å². The van der Waals surface area contributed by atoms with E-state index in [9.17, 15) is 13.6 Å². The van der Waals surface area contributed by atoms with Crippen LogP contribution in [-0.2, 0) is 6.54 Å². The molecule has 1 saturated carbocycles. The fourth-order valence-corrected chi connectivity index (χ4v) is 3.67. The van der Waals surface area contributed by atoms with Crippen LogP contribution in [0.4, 0.5) is 14.5 Å². The molecule has 3 aromatic rings. The number of rotatable bonds is 3. The molecule has 132 valence electrons. The molecule has 1 aliphatic heterocycles. The number of anilines is 1. The lowest BCUT2D eigenvalue weighted by molar-refractivity contribution is 0.0999. The molecule has 2 N–H and O–H groups in total. The number of hydrogen-bond donors (Lipinski definition) is 2. The molecule has 0 saturated heterocycles. The summed E-state index contributed by atoms with van der Waals surface area (Å²) in [5, 5.41) is 5.53. The fourth-order valence-electron chi connectivity index (χ4n) is 3.67. The zero-order chi connectivity index (χ0) is 17.9. The van der Waals surface area contributed by atoms with Crippen LogP contribution in [0.5, 0.6) is 0 Å². The van der Waals surface area contributed by atoms with E-state index in [0.29, 0.717) is 12.1 Å². The first-order valence-electron chi connectivity index (χ1n) is 8.50. The monoisotopic (exact) mass is 354 g/mol. The Kier molecular flexibility index (Phi) is 3.10. The lowest BCUT2D eigenvalue weighted by Gasteiger charge is -2.31. The standard InChI is InChI=1S/C19H16F2N4O/c20-19(21)8-13(19)9-25-10-15-17(23-24-18(15)26)14-2-1-12(7-16(14)25)11-3-5-22-6-4-11/h1-7,13H,8-10H2,(H2,23,24,26). The van der Waals surface area contributed by atoms with E-state index in [2.05, 4.69) is 15.2 Å². The molecule has 1 unspecified atom stereocenters. The third kappa shape index (κ3) is 2.34. The van der Waals surface area contributed by atoms with Crippen molar-refractivity contribution in [3.63, 3.8) is 0 Å². The third-order valence-electron chi connectivity index (χ3n) is 5.24. The summed E-state index contributed by atoms with van der Waals surface area (Å²) in [5.74, 6) is -3.24. The molecule has 0 bridgehead atoms. The molecule has 0 spiro atoms. The van der Waals surface area contributed by atoms with E-state index in [4.69, 9.17) is 0 Å². The van der Waals surface area contributed by atoms with Crippen molar-refractivity contribution in [3.05, 3.63) is 58.6 Å². The van der Waals surface area contributed by atoms with Crippen molar-refractivity contribution < 1.29 is 8.78 Å². The maximum atomic E-state index is 13.5. The van der Waals surface area contributed by atoms with Crippen molar-refractivity contribution in [2.24, 2.45) is 5.92 Å². The maximum Gasteiger partial charge on any atom is 0.269 e. The molecule has 1 aliphatic carbocycles. The third-order valence-corrected chi connectivity index (χ3v) is 5.24. The predicted molar refractivity (Wildman–Crippen MR) is 94.2 cm³/mol. The lowest BCUT2D eigenvalue weighted by atomic mass is 9.95. The molecule has 5 rings (SSSR count). The molecule has 3 heterocycles. The molecule has 26 heavy (non-hydrogen) atoms. The fraction of sp³-hybridized carbons (Fsp3) is 0.263. The number of H-pyrrole nitrogens is 2. The Bertz CT molecular complexity index is 1040. The van der Waals surface area contributed by atoms with Crippen molar-refractivity contribution in [1.29, 1.82) is 0 Å². The molecule has 7 heteroatoms. The number of alkyl halides is 2. The summed E-state index contributed by atoms with van der Waals surface area (Å²) in [6.45, 7) is 0.567. The second kappa shape index (κ2) is 5.27. The highest BCUT2D eigenvalue weighted by Gasteiger charge is 2.57. The van der Waals surface area contributed by atoms with Gasteiger partial charge in [-0.1, -0.05) is 12.1 Å². The van der Waals surface area contributed by atoms with Gasteiger partial charge in [0.15, 0.2) is 0 Å². The molecule has 2 aromatic heterocycles. The van der Waals surface area contributed by atoms with Gasteiger partial charge in [0.1, 0.15) is 0 Å². The molecule has 5 nitrogen and oxygen atoms in total. The van der Waals surface area contributed by atoms with E-state index in [1.807, 2.05) is 35.2 Å². The number of aromatic amines is 2. The summed E-state index contributed by atoms with van der Waals surface area (Å²) >= 11 is 0. The number of nitrogens with zero attached hydrogens (tertiary/aromatic N) is 2. The Balaban J connectivity index is 1.61. The number of benzene rings is 1. The second-order valence-electron chi connectivity index (χ2n) is 6.94. The highest BCUT2D eigenvalue weighted by Crippen LogP contribution is 2.50. The Hall–Kier alpha value is -2.96. The van der Waals surface area contributed by atoms with Gasteiger partial charge in [0, 0.05) is 42.5 Å². The molecule has 1 aromatic carbocycles. The largest absolute Gasteiger partial charge is 0.366 e.